The minimum atomic E-state index is 0. The molecule has 0 aliphatic heterocycles. The fraction of sp³-hybridized carbons (Fsp3) is 0.964. The van der Waals surface area contributed by atoms with Gasteiger partial charge in [-0.2, -0.15) is 0 Å². The number of carbonyl (C=O) groups excluding carboxylic acids is 1. The van der Waals surface area contributed by atoms with E-state index in [0.717, 1.165) is 29.8 Å². The van der Waals surface area contributed by atoms with Crippen molar-refractivity contribution in [3.8, 4) is 0 Å². The lowest BCUT2D eigenvalue weighted by molar-refractivity contribution is -0.890. The van der Waals surface area contributed by atoms with Crippen molar-refractivity contribution in [1.29, 1.82) is 0 Å². The fourth-order valence-electron chi connectivity index (χ4n) is 6.23. The van der Waals surface area contributed by atoms with Crippen LogP contribution in [0.5, 0.6) is 0 Å². The molecule has 3 nitrogen and oxygen atoms in total. The van der Waals surface area contributed by atoms with E-state index in [1.165, 1.54) is 116 Å². The largest absolute Gasteiger partial charge is 1.00 e. The number of nitrogens with one attached hydrogen (secondary N) is 1. The van der Waals surface area contributed by atoms with Crippen molar-refractivity contribution in [2.24, 2.45) is 17.8 Å². The Hall–Kier alpha value is -0.0900. The van der Waals surface area contributed by atoms with Crippen LogP contribution >= 0.6 is 0 Å². The zero-order chi connectivity index (χ0) is 22.4. The van der Waals surface area contributed by atoms with Crippen LogP contribution in [0.3, 0.4) is 0 Å². The number of unbranched alkanes of at least 4 members (excludes halogenated alkanes) is 11. The van der Waals surface area contributed by atoms with Gasteiger partial charge < -0.3 is 26.8 Å². The zero-order valence-electron chi connectivity index (χ0n) is 21.8. The highest BCUT2D eigenvalue weighted by atomic mass is 79.9. The molecular weight excluding hydrogens is 460 g/mol. The quantitative estimate of drug-likeness (QED) is 0.216. The first-order valence-corrected chi connectivity index (χ1v) is 14.1. The Labute approximate surface area is 211 Å². The normalized spacial score (nSPS) is 22.5. The van der Waals surface area contributed by atoms with Crippen molar-refractivity contribution in [1.82, 2.24) is 5.32 Å². The van der Waals surface area contributed by atoms with Crippen molar-refractivity contribution >= 4 is 5.91 Å². The molecule has 3 unspecified atom stereocenters. The first-order chi connectivity index (χ1) is 15.0. The summed E-state index contributed by atoms with van der Waals surface area (Å²) in [5.74, 6) is 2.26. The van der Waals surface area contributed by atoms with E-state index >= 15 is 0 Å². The molecular formula is C28H55BrN2O. The molecule has 2 fully saturated rings. The molecule has 3 atom stereocenters. The Morgan fingerprint density at radius 3 is 1.94 bits per heavy atom. The standard InChI is InChI=1S/C28H54N2O.BrH/c1-4-5-6-7-8-9-10-11-12-13-14-15-23-30(2,3)24-17-22-29-28(31)27-21-20-25-18-16-19-26(25)27;/h25-27H,4-24H2,1-3H3;1H. The van der Waals surface area contributed by atoms with Gasteiger partial charge in [0.25, 0.3) is 0 Å². The molecule has 2 saturated carbocycles. The highest BCUT2D eigenvalue weighted by molar-refractivity contribution is 5.79. The summed E-state index contributed by atoms with van der Waals surface area (Å²) in [5.41, 5.74) is 0. The molecule has 0 saturated heterocycles. The molecule has 0 heterocycles. The predicted octanol–water partition coefficient (Wildman–Crippen LogP) is 4.10. The Morgan fingerprint density at radius 1 is 0.750 bits per heavy atom. The third-order valence-corrected chi connectivity index (χ3v) is 8.28. The smallest absolute Gasteiger partial charge is 0.223 e. The molecule has 32 heavy (non-hydrogen) atoms. The van der Waals surface area contributed by atoms with Gasteiger partial charge in [-0.25, -0.2) is 0 Å². The number of fused-ring (bicyclic) bond motifs is 1. The van der Waals surface area contributed by atoms with Crippen molar-refractivity contribution in [3.05, 3.63) is 0 Å². The number of rotatable bonds is 18. The average molecular weight is 516 g/mol. The van der Waals surface area contributed by atoms with Crippen molar-refractivity contribution in [2.45, 2.75) is 122 Å². The van der Waals surface area contributed by atoms with Crippen LogP contribution < -0.4 is 22.3 Å². The number of amides is 1. The molecule has 0 radical (unpaired) electrons. The Morgan fingerprint density at radius 2 is 1.31 bits per heavy atom. The highest BCUT2D eigenvalue weighted by Crippen LogP contribution is 2.47. The van der Waals surface area contributed by atoms with E-state index in [4.69, 9.17) is 0 Å². The lowest BCUT2D eigenvalue weighted by Crippen LogP contribution is -3.00. The summed E-state index contributed by atoms with van der Waals surface area (Å²) >= 11 is 0. The highest BCUT2D eigenvalue weighted by Gasteiger charge is 2.42. The van der Waals surface area contributed by atoms with Crippen LogP contribution in [0.15, 0.2) is 0 Å². The number of hydrogen-bond acceptors (Lipinski definition) is 1. The summed E-state index contributed by atoms with van der Waals surface area (Å²) < 4.78 is 1.10. The van der Waals surface area contributed by atoms with Crippen molar-refractivity contribution < 1.29 is 26.3 Å². The molecule has 0 spiro atoms. The van der Waals surface area contributed by atoms with Crippen molar-refractivity contribution in [2.75, 3.05) is 33.7 Å². The molecule has 2 aliphatic carbocycles. The Balaban J connectivity index is 0.00000512. The number of quaternary nitrogens is 1. The minimum absolute atomic E-state index is 0. The van der Waals surface area contributed by atoms with E-state index in [-0.39, 0.29) is 17.0 Å². The monoisotopic (exact) mass is 514 g/mol. The molecule has 0 aromatic carbocycles. The third-order valence-electron chi connectivity index (χ3n) is 8.28. The Kier molecular flexibility index (Phi) is 16.2. The van der Waals surface area contributed by atoms with Crippen LogP contribution in [-0.2, 0) is 4.79 Å². The zero-order valence-corrected chi connectivity index (χ0v) is 23.4. The molecule has 0 bridgehead atoms. The maximum atomic E-state index is 12.6. The average Bonchev–Trinajstić information content (AvgIpc) is 3.36. The van der Waals surface area contributed by atoms with Crippen LogP contribution in [0.2, 0.25) is 0 Å². The fourth-order valence-corrected chi connectivity index (χ4v) is 6.23. The van der Waals surface area contributed by atoms with Crippen molar-refractivity contribution in [3.63, 3.8) is 0 Å². The van der Waals surface area contributed by atoms with Gasteiger partial charge in [-0.05, 0) is 43.9 Å². The SMILES string of the molecule is CCCCCCCCCCCCCC[N+](C)(C)CCCNC(=O)C1CCC2CCCC21.[Br-]. The van der Waals surface area contributed by atoms with Gasteiger partial charge in [-0.3, -0.25) is 4.79 Å². The summed E-state index contributed by atoms with van der Waals surface area (Å²) in [5, 5.41) is 3.28. The van der Waals surface area contributed by atoms with Gasteiger partial charge in [0, 0.05) is 18.9 Å². The maximum absolute atomic E-state index is 12.6. The van der Waals surface area contributed by atoms with Crippen LogP contribution in [0, 0.1) is 17.8 Å². The first kappa shape index (κ1) is 29.9. The lowest BCUT2D eigenvalue weighted by Gasteiger charge is -2.30. The van der Waals surface area contributed by atoms with Gasteiger partial charge in [0.2, 0.25) is 5.91 Å². The van der Waals surface area contributed by atoms with E-state index in [9.17, 15) is 4.79 Å². The summed E-state index contributed by atoms with van der Waals surface area (Å²) in [6.45, 7) is 5.61. The lowest BCUT2D eigenvalue weighted by atomic mass is 9.91. The van der Waals surface area contributed by atoms with E-state index in [1.807, 2.05) is 0 Å². The topological polar surface area (TPSA) is 29.1 Å². The van der Waals surface area contributed by atoms with Crippen LogP contribution in [-0.4, -0.2) is 44.1 Å². The second kappa shape index (κ2) is 17.4. The number of halogens is 1. The molecule has 4 heteroatoms. The van der Waals surface area contributed by atoms with Crippen LogP contribution in [0.1, 0.15) is 122 Å². The van der Waals surface area contributed by atoms with Gasteiger partial charge in [0.15, 0.2) is 0 Å². The number of nitrogens with zero attached hydrogens (tertiary/aromatic N) is 1. The third kappa shape index (κ3) is 11.9. The van der Waals surface area contributed by atoms with Gasteiger partial charge in [-0.15, -0.1) is 0 Å². The summed E-state index contributed by atoms with van der Waals surface area (Å²) in [6.07, 6.45) is 24.6. The van der Waals surface area contributed by atoms with E-state index in [1.54, 1.807) is 0 Å². The van der Waals surface area contributed by atoms with Gasteiger partial charge in [0.1, 0.15) is 0 Å². The van der Waals surface area contributed by atoms with E-state index in [2.05, 4.69) is 26.3 Å². The second-order valence-electron chi connectivity index (χ2n) is 11.5. The van der Waals surface area contributed by atoms with Crippen LogP contribution in [0.4, 0.5) is 0 Å². The van der Waals surface area contributed by atoms with E-state index in [0.29, 0.717) is 17.7 Å². The second-order valence-corrected chi connectivity index (χ2v) is 11.5. The number of carbonyl (C=O) groups is 1. The molecule has 2 aliphatic rings. The number of hydrogen-bond donors (Lipinski definition) is 1. The Bertz CT molecular complexity index is 482. The summed E-state index contributed by atoms with van der Waals surface area (Å²) in [7, 11) is 4.72. The maximum Gasteiger partial charge on any atom is 0.223 e. The molecule has 1 amide bonds. The minimum Gasteiger partial charge on any atom is -1.00 e. The first-order valence-electron chi connectivity index (χ1n) is 14.1. The molecule has 0 aromatic heterocycles. The van der Waals surface area contributed by atoms with Crippen LogP contribution in [0.25, 0.3) is 0 Å². The molecule has 0 aromatic rings. The van der Waals surface area contributed by atoms with E-state index < -0.39 is 0 Å². The predicted molar refractivity (Wildman–Crippen MR) is 134 cm³/mol. The van der Waals surface area contributed by atoms with Gasteiger partial charge in [-0.1, -0.05) is 84.0 Å². The van der Waals surface area contributed by atoms with Gasteiger partial charge in [0.05, 0.1) is 27.2 Å². The summed E-state index contributed by atoms with van der Waals surface area (Å²) in [4.78, 5) is 12.6. The van der Waals surface area contributed by atoms with Gasteiger partial charge >= 0.3 is 0 Å². The summed E-state index contributed by atoms with van der Waals surface area (Å²) in [6, 6.07) is 0. The molecule has 1 N–H and O–H groups in total. The molecule has 190 valence electrons. The molecule has 2 rings (SSSR count).